The summed E-state index contributed by atoms with van der Waals surface area (Å²) in [6, 6.07) is 12.8. The molecule has 4 heteroatoms. The Morgan fingerprint density at radius 2 is 1.71 bits per heavy atom. The van der Waals surface area contributed by atoms with Crippen LogP contribution in [0.1, 0.15) is 48.2 Å². The summed E-state index contributed by atoms with van der Waals surface area (Å²) in [5, 5.41) is 0. The maximum Gasteiger partial charge on any atom is 0.188 e. The molecular formula is C24H31FN2O. The van der Waals surface area contributed by atoms with Gasteiger partial charge in [-0.1, -0.05) is 44.2 Å². The summed E-state index contributed by atoms with van der Waals surface area (Å²) < 4.78 is 14.6. The lowest BCUT2D eigenvalue weighted by Crippen LogP contribution is -2.25. The Kier molecular flexibility index (Phi) is 8.40. The highest BCUT2D eigenvalue weighted by Gasteiger charge is 2.13. The van der Waals surface area contributed by atoms with Crippen LogP contribution in [0.4, 0.5) is 10.1 Å². The summed E-state index contributed by atoms with van der Waals surface area (Å²) in [5.74, 6) is -0.785. The van der Waals surface area contributed by atoms with Crippen LogP contribution in [-0.4, -0.2) is 37.9 Å². The molecule has 28 heavy (non-hydrogen) atoms. The highest BCUT2D eigenvalue weighted by Crippen LogP contribution is 2.21. The van der Waals surface area contributed by atoms with Crippen LogP contribution in [0, 0.1) is 5.82 Å². The number of nitrogens with zero attached hydrogens (tertiary/aromatic N) is 2. The van der Waals surface area contributed by atoms with Gasteiger partial charge in [0.1, 0.15) is 5.82 Å². The van der Waals surface area contributed by atoms with Crippen LogP contribution >= 0.6 is 0 Å². The fourth-order valence-corrected chi connectivity index (χ4v) is 3.25. The Hall–Kier alpha value is -2.46. The van der Waals surface area contributed by atoms with E-state index < -0.39 is 5.82 Å². The van der Waals surface area contributed by atoms with Crippen molar-refractivity contribution in [3.05, 3.63) is 71.0 Å². The molecule has 0 fully saturated rings. The number of hydrogen-bond acceptors (Lipinski definition) is 3. The average Bonchev–Trinajstić information content (AvgIpc) is 2.66. The van der Waals surface area contributed by atoms with Crippen LogP contribution in [-0.2, 0) is 6.54 Å². The molecule has 0 spiro atoms. The molecule has 0 heterocycles. The molecule has 0 aliphatic carbocycles. The van der Waals surface area contributed by atoms with Gasteiger partial charge in [-0.2, -0.15) is 0 Å². The van der Waals surface area contributed by atoms with E-state index in [-0.39, 0.29) is 11.3 Å². The van der Waals surface area contributed by atoms with Gasteiger partial charge in [-0.3, -0.25) is 4.79 Å². The number of allylic oxidation sites excluding steroid dienone is 1. The highest BCUT2D eigenvalue weighted by molar-refractivity contribution is 6.07. The maximum atomic E-state index is 14.6. The van der Waals surface area contributed by atoms with Crippen LogP contribution in [0.5, 0.6) is 0 Å². The van der Waals surface area contributed by atoms with Crippen molar-refractivity contribution in [3.63, 3.8) is 0 Å². The molecule has 0 amide bonds. The molecule has 0 bridgehead atoms. The zero-order chi connectivity index (χ0) is 20.5. The van der Waals surface area contributed by atoms with Crippen molar-refractivity contribution in [2.75, 3.05) is 32.1 Å². The first-order valence-electron chi connectivity index (χ1n) is 9.95. The molecule has 0 saturated carbocycles. The van der Waals surface area contributed by atoms with Gasteiger partial charge >= 0.3 is 0 Å². The van der Waals surface area contributed by atoms with E-state index in [0.717, 1.165) is 49.3 Å². The van der Waals surface area contributed by atoms with E-state index in [4.69, 9.17) is 0 Å². The molecule has 2 aromatic carbocycles. The predicted octanol–water partition coefficient (Wildman–Crippen LogP) is 5.41. The summed E-state index contributed by atoms with van der Waals surface area (Å²) >= 11 is 0. The molecule has 2 aromatic rings. The highest BCUT2D eigenvalue weighted by atomic mass is 19.1. The van der Waals surface area contributed by atoms with Crippen molar-refractivity contribution >= 4 is 17.5 Å². The SMILES string of the molecule is CCCN(CCC)c1ccc(C(=O)/C=C/c2ccccc2CN(C)C)c(F)c1. The summed E-state index contributed by atoms with van der Waals surface area (Å²) in [6.07, 6.45) is 5.23. The zero-order valence-electron chi connectivity index (χ0n) is 17.4. The molecule has 0 aliphatic heterocycles. The molecule has 0 atom stereocenters. The Morgan fingerprint density at radius 3 is 2.32 bits per heavy atom. The van der Waals surface area contributed by atoms with Crippen LogP contribution in [0.25, 0.3) is 6.08 Å². The van der Waals surface area contributed by atoms with Gasteiger partial charge in [-0.25, -0.2) is 4.39 Å². The quantitative estimate of drug-likeness (QED) is 0.405. The molecule has 0 N–H and O–H groups in total. The first-order chi connectivity index (χ1) is 13.5. The van der Waals surface area contributed by atoms with Crippen molar-refractivity contribution in [2.45, 2.75) is 33.2 Å². The normalized spacial score (nSPS) is 11.4. The molecule has 3 nitrogen and oxygen atoms in total. The van der Waals surface area contributed by atoms with Gasteiger partial charge in [0.15, 0.2) is 5.78 Å². The fourth-order valence-electron chi connectivity index (χ4n) is 3.25. The lowest BCUT2D eigenvalue weighted by Gasteiger charge is -2.24. The van der Waals surface area contributed by atoms with Crippen LogP contribution in [0.15, 0.2) is 48.5 Å². The van der Waals surface area contributed by atoms with Gasteiger partial charge in [0, 0.05) is 25.3 Å². The number of benzene rings is 2. The Bertz CT molecular complexity index is 808. The second kappa shape index (κ2) is 10.8. The number of hydrogen-bond donors (Lipinski definition) is 0. The summed E-state index contributed by atoms with van der Waals surface area (Å²) in [6.45, 7) is 6.75. The molecule has 0 aliphatic rings. The first-order valence-corrected chi connectivity index (χ1v) is 9.95. The summed E-state index contributed by atoms with van der Waals surface area (Å²) in [7, 11) is 4.01. The predicted molar refractivity (Wildman–Crippen MR) is 116 cm³/mol. The van der Waals surface area contributed by atoms with Crippen molar-refractivity contribution in [1.82, 2.24) is 4.90 Å². The van der Waals surface area contributed by atoms with Gasteiger partial charge < -0.3 is 9.80 Å². The molecular weight excluding hydrogens is 351 g/mol. The van der Waals surface area contributed by atoms with Crippen LogP contribution < -0.4 is 4.90 Å². The third-order valence-corrected chi connectivity index (χ3v) is 4.53. The third kappa shape index (κ3) is 6.03. The minimum Gasteiger partial charge on any atom is -0.371 e. The summed E-state index contributed by atoms with van der Waals surface area (Å²) in [4.78, 5) is 16.8. The van der Waals surface area contributed by atoms with E-state index in [1.165, 1.54) is 12.1 Å². The lowest BCUT2D eigenvalue weighted by atomic mass is 10.0. The van der Waals surface area contributed by atoms with Gasteiger partial charge in [0.2, 0.25) is 0 Å². The van der Waals surface area contributed by atoms with Crippen molar-refractivity contribution in [1.29, 1.82) is 0 Å². The van der Waals surface area contributed by atoms with Crippen molar-refractivity contribution in [3.8, 4) is 0 Å². The van der Waals surface area contributed by atoms with Crippen molar-refractivity contribution in [2.24, 2.45) is 0 Å². The first kappa shape index (κ1) is 21.8. The van der Waals surface area contributed by atoms with E-state index in [9.17, 15) is 9.18 Å². The largest absolute Gasteiger partial charge is 0.371 e. The molecule has 150 valence electrons. The average molecular weight is 383 g/mol. The number of carbonyl (C=O) groups excluding carboxylic acids is 1. The van der Waals surface area contributed by atoms with Crippen molar-refractivity contribution < 1.29 is 9.18 Å². The van der Waals surface area contributed by atoms with E-state index in [1.807, 2.05) is 44.4 Å². The molecule has 0 aromatic heterocycles. The molecule has 0 radical (unpaired) electrons. The smallest absolute Gasteiger partial charge is 0.188 e. The molecule has 2 rings (SSSR count). The van der Waals surface area contributed by atoms with Gasteiger partial charge in [0.05, 0.1) is 5.56 Å². The standard InChI is InChI=1S/C24H31FN2O/c1-5-15-27(16-6-2)21-12-13-22(23(25)17-21)24(28)14-11-19-9-7-8-10-20(19)18-26(3)4/h7-14,17H,5-6,15-16,18H2,1-4H3/b14-11+. The second-order valence-electron chi connectivity index (χ2n) is 7.29. The Balaban J connectivity index is 2.20. The fraction of sp³-hybridized carbons (Fsp3) is 0.375. The van der Waals surface area contributed by atoms with Crippen LogP contribution in [0.2, 0.25) is 0 Å². The maximum absolute atomic E-state index is 14.6. The number of carbonyl (C=O) groups is 1. The topological polar surface area (TPSA) is 23.6 Å². The Labute approximate surface area is 168 Å². The van der Waals surface area contributed by atoms with Gasteiger partial charge in [0.25, 0.3) is 0 Å². The van der Waals surface area contributed by atoms with Gasteiger partial charge in [-0.15, -0.1) is 0 Å². The molecule has 0 unspecified atom stereocenters. The monoisotopic (exact) mass is 382 g/mol. The van der Waals surface area contributed by atoms with E-state index >= 15 is 0 Å². The number of ketones is 1. The van der Waals surface area contributed by atoms with E-state index in [2.05, 4.69) is 23.6 Å². The number of anilines is 1. The second-order valence-corrected chi connectivity index (χ2v) is 7.29. The minimum atomic E-state index is -0.467. The van der Waals surface area contributed by atoms with E-state index in [0.29, 0.717) is 0 Å². The van der Waals surface area contributed by atoms with Crippen LogP contribution in [0.3, 0.4) is 0 Å². The number of rotatable bonds is 10. The van der Waals surface area contributed by atoms with E-state index in [1.54, 1.807) is 12.1 Å². The summed E-state index contributed by atoms with van der Waals surface area (Å²) in [5.41, 5.74) is 3.04. The lowest BCUT2D eigenvalue weighted by molar-refractivity contribution is 0.104. The molecule has 0 saturated heterocycles. The minimum absolute atomic E-state index is 0.109. The van der Waals surface area contributed by atoms with Gasteiger partial charge in [-0.05, 0) is 62.3 Å². The number of halogens is 1. The Morgan fingerprint density at radius 1 is 1.04 bits per heavy atom. The third-order valence-electron chi connectivity index (χ3n) is 4.53. The zero-order valence-corrected chi connectivity index (χ0v) is 17.4.